The smallest absolute Gasteiger partial charge is 0.247 e. The lowest BCUT2D eigenvalue weighted by molar-refractivity contribution is 0.434. The maximum atomic E-state index is 12.9. The molecule has 0 saturated heterocycles. The minimum Gasteiger partial charge on any atom is -0.311 e. The number of hydrogen-bond donors (Lipinski definition) is 2. The van der Waals surface area contributed by atoms with Gasteiger partial charge >= 0.3 is 0 Å². The molecule has 0 aliphatic heterocycles. The Labute approximate surface area is 120 Å². The summed E-state index contributed by atoms with van der Waals surface area (Å²) in [7, 11) is -3.52. The van der Waals surface area contributed by atoms with Gasteiger partial charge in [0.1, 0.15) is 4.90 Å². The molecule has 112 valence electrons. The van der Waals surface area contributed by atoms with E-state index in [-0.39, 0.29) is 6.04 Å². The summed E-state index contributed by atoms with van der Waals surface area (Å²) in [5, 5.41) is 10.0. The van der Waals surface area contributed by atoms with E-state index in [9.17, 15) is 8.42 Å². The van der Waals surface area contributed by atoms with Crippen molar-refractivity contribution in [2.75, 3.05) is 13.1 Å². The standard InChI is InChI=1S/C13H22N4O2S/c1-4-8-17(11-6-7-11)20(18,19)13-10(3)15-16-12(13)9-14-5-2/h4,11,14H,1,5-9H2,2-3H3,(H,15,16). The van der Waals surface area contributed by atoms with Crippen molar-refractivity contribution < 1.29 is 8.42 Å². The van der Waals surface area contributed by atoms with Crippen LogP contribution in [0.4, 0.5) is 0 Å². The molecule has 1 aromatic heterocycles. The molecule has 0 unspecified atom stereocenters. The highest BCUT2D eigenvalue weighted by Gasteiger charge is 2.39. The molecule has 0 aromatic carbocycles. The summed E-state index contributed by atoms with van der Waals surface area (Å²) in [5.74, 6) is 0. The summed E-state index contributed by atoms with van der Waals surface area (Å²) < 4.78 is 27.3. The van der Waals surface area contributed by atoms with Gasteiger partial charge in [-0.25, -0.2) is 8.42 Å². The molecule has 7 heteroatoms. The van der Waals surface area contributed by atoms with Crippen molar-refractivity contribution in [1.29, 1.82) is 0 Å². The van der Waals surface area contributed by atoms with Gasteiger partial charge in [-0.05, 0) is 26.3 Å². The van der Waals surface area contributed by atoms with E-state index in [1.165, 1.54) is 4.31 Å². The zero-order valence-corrected chi connectivity index (χ0v) is 12.8. The fourth-order valence-electron chi connectivity index (χ4n) is 2.23. The fourth-order valence-corrected chi connectivity index (χ4v) is 4.21. The van der Waals surface area contributed by atoms with Crippen LogP contribution < -0.4 is 5.32 Å². The molecule has 0 bridgehead atoms. The van der Waals surface area contributed by atoms with Gasteiger partial charge in [0.2, 0.25) is 10.0 Å². The molecular weight excluding hydrogens is 276 g/mol. The van der Waals surface area contributed by atoms with Gasteiger partial charge in [-0.15, -0.1) is 6.58 Å². The van der Waals surface area contributed by atoms with Crippen LogP contribution in [0.5, 0.6) is 0 Å². The lowest BCUT2D eigenvalue weighted by Crippen LogP contribution is -2.34. The monoisotopic (exact) mass is 298 g/mol. The van der Waals surface area contributed by atoms with Gasteiger partial charge in [0.25, 0.3) is 0 Å². The second-order valence-electron chi connectivity index (χ2n) is 5.00. The molecule has 0 amide bonds. The largest absolute Gasteiger partial charge is 0.311 e. The average Bonchev–Trinajstić information content (AvgIpc) is 3.16. The third kappa shape index (κ3) is 2.94. The maximum Gasteiger partial charge on any atom is 0.247 e. The number of nitrogens with one attached hydrogen (secondary N) is 2. The summed E-state index contributed by atoms with van der Waals surface area (Å²) in [6.45, 7) is 8.94. The zero-order valence-electron chi connectivity index (χ0n) is 12.0. The summed E-state index contributed by atoms with van der Waals surface area (Å²) in [5.41, 5.74) is 1.15. The number of aryl methyl sites for hydroxylation is 1. The predicted octanol–water partition coefficient (Wildman–Crippen LogP) is 1.17. The third-order valence-electron chi connectivity index (χ3n) is 3.33. The zero-order chi connectivity index (χ0) is 14.8. The van der Waals surface area contributed by atoms with Gasteiger partial charge in [0.15, 0.2) is 0 Å². The number of hydrogen-bond acceptors (Lipinski definition) is 4. The minimum atomic E-state index is -3.52. The Balaban J connectivity index is 2.36. The topological polar surface area (TPSA) is 78.1 Å². The molecule has 1 saturated carbocycles. The van der Waals surface area contributed by atoms with Crippen LogP contribution in [-0.2, 0) is 16.6 Å². The Hall–Kier alpha value is -1.18. The van der Waals surface area contributed by atoms with E-state index < -0.39 is 10.0 Å². The lowest BCUT2D eigenvalue weighted by atomic mass is 10.3. The van der Waals surface area contributed by atoms with Crippen LogP contribution in [0.1, 0.15) is 31.2 Å². The first kappa shape index (κ1) is 15.2. The normalized spacial score (nSPS) is 15.8. The van der Waals surface area contributed by atoms with E-state index in [1.54, 1.807) is 13.0 Å². The molecule has 0 spiro atoms. The number of nitrogens with zero attached hydrogens (tertiary/aromatic N) is 2. The van der Waals surface area contributed by atoms with Gasteiger partial charge in [-0.3, -0.25) is 5.10 Å². The first-order valence-corrected chi connectivity index (χ1v) is 8.33. The first-order valence-electron chi connectivity index (χ1n) is 6.89. The Bertz CT molecular complexity index is 575. The van der Waals surface area contributed by atoms with Crippen LogP contribution in [0.25, 0.3) is 0 Å². The van der Waals surface area contributed by atoms with Crippen molar-refractivity contribution in [3.8, 4) is 0 Å². The Kier molecular flexibility index (Phi) is 4.62. The highest BCUT2D eigenvalue weighted by Crippen LogP contribution is 2.33. The summed E-state index contributed by atoms with van der Waals surface area (Å²) in [6.07, 6.45) is 3.48. The van der Waals surface area contributed by atoms with Crippen molar-refractivity contribution in [1.82, 2.24) is 19.8 Å². The maximum absolute atomic E-state index is 12.9. The van der Waals surface area contributed by atoms with Crippen LogP contribution in [0, 0.1) is 6.92 Å². The molecule has 6 nitrogen and oxygen atoms in total. The molecule has 1 aromatic rings. The van der Waals surface area contributed by atoms with Gasteiger partial charge in [-0.1, -0.05) is 13.0 Å². The highest BCUT2D eigenvalue weighted by molar-refractivity contribution is 7.89. The first-order chi connectivity index (χ1) is 9.52. The van der Waals surface area contributed by atoms with Crippen molar-refractivity contribution in [3.05, 3.63) is 24.0 Å². The van der Waals surface area contributed by atoms with Crippen molar-refractivity contribution >= 4 is 10.0 Å². The van der Waals surface area contributed by atoms with Gasteiger partial charge < -0.3 is 5.32 Å². The van der Waals surface area contributed by atoms with Crippen LogP contribution >= 0.6 is 0 Å². The van der Waals surface area contributed by atoms with E-state index in [0.717, 1.165) is 19.4 Å². The summed E-state index contributed by atoms with van der Waals surface area (Å²) in [4.78, 5) is 0.312. The Morgan fingerprint density at radius 1 is 1.55 bits per heavy atom. The molecule has 1 aliphatic carbocycles. The second-order valence-corrected chi connectivity index (χ2v) is 6.83. The van der Waals surface area contributed by atoms with E-state index in [1.807, 2.05) is 6.92 Å². The predicted molar refractivity (Wildman–Crippen MR) is 77.8 cm³/mol. The van der Waals surface area contributed by atoms with Crippen LogP contribution in [-0.4, -0.2) is 42.1 Å². The molecule has 1 fully saturated rings. The number of rotatable bonds is 8. The quantitative estimate of drug-likeness (QED) is 0.706. The van der Waals surface area contributed by atoms with Crippen molar-refractivity contribution in [2.24, 2.45) is 0 Å². The molecule has 1 aliphatic rings. The Morgan fingerprint density at radius 3 is 2.80 bits per heavy atom. The summed E-state index contributed by atoms with van der Waals surface area (Å²) in [6, 6.07) is 0.110. The number of H-pyrrole nitrogens is 1. The SMILES string of the molecule is C=CCN(C1CC1)S(=O)(=O)c1c(CNCC)n[nH]c1C. The van der Waals surface area contributed by atoms with Gasteiger partial charge in [0.05, 0.1) is 11.4 Å². The van der Waals surface area contributed by atoms with Crippen LogP contribution in [0.2, 0.25) is 0 Å². The molecule has 0 radical (unpaired) electrons. The van der Waals surface area contributed by atoms with E-state index in [0.29, 0.717) is 29.4 Å². The van der Waals surface area contributed by atoms with E-state index >= 15 is 0 Å². The molecule has 0 atom stereocenters. The molecule has 2 N–H and O–H groups in total. The second kappa shape index (κ2) is 6.07. The van der Waals surface area contributed by atoms with E-state index in [2.05, 4.69) is 22.1 Å². The fraction of sp³-hybridized carbons (Fsp3) is 0.615. The average molecular weight is 298 g/mol. The van der Waals surface area contributed by atoms with Gasteiger partial charge in [0, 0.05) is 19.1 Å². The third-order valence-corrected chi connectivity index (χ3v) is 5.46. The molecular formula is C13H22N4O2S. The summed E-state index contributed by atoms with van der Waals surface area (Å²) >= 11 is 0. The lowest BCUT2D eigenvalue weighted by Gasteiger charge is -2.20. The van der Waals surface area contributed by atoms with Gasteiger partial charge in [-0.2, -0.15) is 9.40 Å². The Morgan fingerprint density at radius 2 is 2.25 bits per heavy atom. The van der Waals surface area contributed by atoms with Crippen LogP contribution in [0.3, 0.4) is 0 Å². The van der Waals surface area contributed by atoms with Crippen molar-refractivity contribution in [2.45, 2.75) is 44.2 Å². The molecule has 20 heavy (non-hydrogen) atoms. The number of sulfonamides is 1. The minimum absolute atomic E-state index is 0.110. The van der Waals surface area contributed by atoms with Crippen LogP contribution in [0.15, 0.2) is 17.6 Å². The van der Waals surface area contributed by atoms with Crippen molar-refractivity contribution in [3.63, 3.8) is 0 Å². The highest BCUT2D eigenvalue weighted by atomic mass is 32.2. The van der Waals surface area contributed by atoms with E-state index in [4.69, 9.17) is 0 Å². The molecule has 1 heterocycles. The molecule has 2 rings (SSSR count). The number of aromatic nitrogens is 2. The number of aromatic amines is 1.